The highest BCUT2D eigenvalue weighted by atomic mass is 16.3. The molecule has 1 aromatic rings. The second-order valence-electron chi connectivity index (χ2n) is 4.36. The number of aromatic hydroxyl groups is 1. The SMILES string of the molecule is C/N=C(/C)C(CCc1cc(O)c(=O)[nH]n1)=C(C)C. The Hall–Kier alpha value is -1.91. The zero-order chi connectivity index (χ0) is 13.7. The number of allylic oxidation sites excluding steroid dienone is 2. The Morgan fingerprint density at radius 2 is 2.11 bits per heavy atom. The highest BCUT2D eigenvalue weighted by Gasteiger charge is 2.07. The third-order valence-electron chi connectivity index (χ3n) is 2.84. The lowest BCUT2D eigenvalue weighted by Gasteiger charge is -2.09. The molecule has 0 fully saturated rings. The largest absolute Gasteiger partial charge is 0.503 e. The van der Waals surface area contributed by atoms with E-state index in [1.54, 1.807) is 7.05 Å². The van der Waals surface area contributed by atoms with Crippen molar-refractivity contribution in [3.05, 3.63) is 33.3 Å². The van der Waals surface area contributed by atoms with Gasteiger partial charge in [0.2, 0.25) is 0 Å². The van der Waals surface area contributed by atoms with Gasteiger partial charge in [-0.1, -0.05) is 5.57 Å². The molecule has 1 aromatic heterocycles. The van der Waals surface area contributed by atoms with Gasteiger partial charge < -0.3 is 5.11 Å². The van der Waals surface area contributed by atoms with Crippen LogP contribution in [0.1, 0.15) is 32.9 Å². The van der Waals surface area contributed by atoms with Gasteiger partial charge in [-0.3, -0.25) is 9.79 Å². The van der Waals surface area contributed by atoms with Crippen LogP contribution in [0.3, 0.4) is 0 Å². The van der Waals surface area contributed by atoms with Crippen LogP contribution in [0, 0.1) is 0 Å². The average molecular weight is 249 g/mol. The summed E-state index contributed by atoms with van der Waals surface area (Å²) in [6.45, 7) is 6.06. The Labute approximate surface area is 106 Å². The van der Waals surface area contributed by atoms with E-state index >= 15 is 0 Å². The van der Waals surface area contributed by atoms with Gasteiger partial charge >= 0.3 is 5.56 Å². The van der Waals surface area contributed by atoms with Gasteiger partial charge in [-0.05, 0) is 39.2 Å². The van der Waals surface area contributed by atoms with Crippen molar-refractivity contribution in [2.45, 2.75) is 33.6 Å². The molecular weight excluding hydrogens is 230 g/mol. The number of aromatic amines is 1. The predicted molar refractivity (Wildman–Crippen MR) is 72.3 cm³/mol. The second kappa shape index (κ2) is 6.14. The Kier molecular flexibility index (Phi) is 4.83. The summed E-state index contributed by atoms with van der Waals surface area (Å²) < 4.78 is 0. The van der Waals surface area contributed by atoms with Crippen LogP contribution in [0.5, 0.6) is 5.75 Å². The van der Waals surface area contributed by atoms with Gasteiger partial charge in [0.15, 0.2) is 5.75 Å². The first-order chi connectivity index (χ1) is 8.45. The van der Waals surface area contributed by atoms with Crippen molar-refractivity contribution >= 4 is 5.71 Å². The topological polar surface area (TPSA) is 78.3 Å². The maximum absolute atomic E-state index is 11.0. The standard InChI is InChI=1S/C13H19N3O2/c1-8(2)11(9(3)14-4)6-5-10-7-12(17)13(18)16-15-10/h7H,5-6H2,1-4H3,(H,15,17)(H,16,18)/b14-9-. The fourth-order valence-corrected chi connectivity index (χ4v) is 1.74. The lowest BCUT2D eigenvalue weighted by molar-refractivity contribution is 0.462. The zero-order valence-corrected chi connectivity index (χ0v) is 11.2. The summed E-state index contributed by atoms with van der Waals surface area (Å²) in [5.74, 6) is -0.292. The first-order valence-corrected chi connectivity index (χ1v) is 5.83. The van der Waals surface area contributed by atoms with E-state index in [4.69, 9.17) is 0 Å². The molecule has 1 rings (SSSR count). The number of hydrogen-bond acceptors (Lipinski definition) is 4. The molecule has 0 bridgehead atoms. The first-order valence-electron chi connectivity index (χ1n) is 5.83. The third kappa shape index (κ3) is 3.55. The van der Waals surface area contributed by atoms with Crippen molar-refractivity contribution in [2.24, 2.45) is 4.99 Å². The van der Waals surface area contributed by atoms with Gasteiger partial charge in [-0.15, -0.1) is 0 Å². The van der Waals surface area contributed by atoms with Crippen LogP contribution in [0.4, 0.5) is 0 Å². The molecule has 5 nitrogen and oxygen atoms in total. The van der Waals surface area contributed by atoms with Crippen LogP contribution in [-0.4, -0.2) is 28.1 Å². The lowest BCUT2D eigenvalue weighted by Crippen LogP contribution is -2.10. The minimum absolute atomic E-state index is 0.292. The molecular formula is C13H19N3O2. The van der Waals surface area contributed by atoms with Gasteiger partial charge in [0, 0.05) is 18.8 Å². The van der Waals surface area contributed by atoms with E-state index in [1.807, 2.05) is 20.8 Å². The molecule has 98 valence electrons. The van der Waals surface area contributed by atoms with E-state index in [2.05, 4.69) is 15.2 Å². The molecule has 5 heteroatoms. The predicted octanol–water partition coefficient (Wildman–Crippen LogP) is 1.84. The number of rotatable bonds is 4. The summed E-state index contributed by atoms with van der Waals surface area (Å²) in [5.41, 5.74) is 3.50. The van der Waals surface area contributed by atoms with Crippen LogP contribution in [0.2, 0.25) is 0 Å². The summed E-state index contributed by atoms with van der Waals surface area (Å²) in [6, 6.07) is 1.40. The molecule has 0 aliphatic rings. The highest BCUT2D eigenvalue weighted by Crippen LogP contribution is 2.14. The number of aliphatic imine (C=N–C) groups is 1. The third-order valence-corrected chi connectivity index (χ3v) is 2.84. The molecule has 0 radical (unpaired) electrons. The van der Waals surface area contributed by atoms with E-state index in [1.165, 1.54) is 17.2 Å². The molecule has 0 saturated carbocycles. The van der Waals surface area contributed by atoms with Crippen molar-refractivity contribution in [3.8, 4) is 5.75 Å². The van der Waals surface area contributed by atoms with Crippen LogP contribution in [-0.2, 0) is 6.42 Å². The normalized spacial score (nSPS) is 11.4. The molecule has 0 aliphatic carbocycles. The number of aromatic nitrogens is 2. The maximum atomic E-state index is 11.0. The Bertz CT molecular complexity index is 537. The highest BCUT2D eigenvalue weighted by molar-refractivity contribution is 5.98. The van der Waals surface area contributed by atoms with Crippen molar-refractivity contribution in [1.82, 2.24) is 10.2 Å². The molecule has 0 aliphatic heterocycles. The van der Waals surface area contributed by atoms with Crippen molar-refractivity contribution in [3.63, 3.8) is 0 Å². The number of nitrogens with zero attached hydrogens (tertiary/aromatic N) is 2. The monoisotopic (exact) mass is 249 g/mol. The fraction of sp³-hybridized carbons (Fsp3) is 0.462. The van der Waals surface area contributed by atoms with Gasteiger partial charge in [0.05, 0.1) is 5.69 Å². The molecule has 0 aromatic carbocycles. The zero-order valence-electron chi connectivity index (χ0n) is 11.2. The minimum Gasteiger partial charge on any atom is -0.503 e. The van der Waals surface area contributed by atoms with Crippen LogP contribution >= 0.6 is 0 Å². The van der Waals surface area contributed by atoms with E-state index in [0.29, 0.717) is 12.1 Å². The molecule has 18 heavy (non-hydrogen) atoms. The molecule has 0 amide bonds. The average Bonchev–Trinajstić information content (AvgIpc) is 2.33. The number of H-pyrrole nitrogens is 1. The van der Waals surface area contributed by atoms with Crippen molar-refractivity contribution in [1.29, 1.82) is 0 Å². The maximum Gasteiger partial charge on any atom is 0.306 e. The molecule has 2 N–H and O–H groups in total. The lowest BCUT2D eigenvalue weighted by atomic mass is 10.00. The number of nitrogens with one attached hydrogen (secondary N) is 1. The van der Waals surface area contributed by atoms with Crippen molar-refractivity contribution in [2.75, 3.05) is 7.05 Å². The molecule has 0 atom stereocenters. The first kappa shape index (κ1) is 14.2. The summed E-state index contributed by atoms with van der Waals surface area (Å²) in [6.07, 6.45) is 1.43. The molecule has 0 unspecified atom stereocenters. The van der Waals surface area contributed by atoms with Gasteiger partial charge in [0.25, 0.3) is 0 Å². The Morgan fingerprint density at radius 1 is 1.44 bits per heavy atom. The van der Waals surface area contributed by atoms with Crippen molar-refractivity contribution < 1.29 is 5.11 Å². The fourth-order valence-electron chi connectivity index (χ4n) is 1.74. The molecule has 0 spiro atoms. The quantitative estimate of drug-likeness (QED) is 0.799. The minimum atomic E-state index is -0.563. The van der Waals surface area contributed by atoms with Crippen LogP contribution < -0.4 is 5.56 Å². The van der Waals surface area contributed by atoms with E-state index < -0.39 is 5.56 Å². The second-order valence-corrected chi connectivity index (χ2v) is 4.36. The smallest absolute Gasteiger partial charge is 0.306 e. The number of aryl methyl sites for hydroxylation is 1. The van der Waals surface area contributed by atoms with Gasteiger partial charge in [-0.2, -0.15) is 5.10 Å². The summed E-state index contributed by atoms with van der Waals surface area (Å²) in [4.78, 5) is 15.2. The number of hydrogen-bond donors (Lipinski definition) is 2. The van der Waals surface area contributed by atoms with Crippen LogP contribution in [0.15, 0.2) is 27.0 Å². The van der Waals surface area contributed by atoms with Gasteiger partial charge in [-0.25, -0.2) is 5.10 Å². The van der Waals surface area contributed by atoms with E-state index in [-0.39, 0.29) is 5.75 Å². The van der Waals surface area contributed by atoms with E-state index in [9.17, 15) is 9.90 Å². The molecule has 1 heterocycles. The summed E-state index contributed by atoms with van der Waals surface area (Å²) >= 11 is 0. The van der Waals surface area contributed by atoms with E-state index in [0.717, 1.165) is 12.1 Å². The summed E-state index contributed by atoms with van der Waals surface area (Å²) in [7, 11) is 1.77. The molecule has 0 saturated heterocycles. The Morgan fingerprint density at radius 3 is 2.61 bits per heavy atom. The van der Waals surface area contributed by atoms with Crippen LogP contribution in [0.25, 0.3) is 0 Å². The summed E-state index contributed by atoms with van der Waals surface area (Å²) in [5, 5.41) is 15.5. The van der Waals surface area contributed by atoms with Gasteiger partial charge in [0.1, 0.15) is 0 Å². The Balaban J connectivity index is 2.84.